The predicted octanol–water partition coefficient (Wildman–Crippen LogP) is 2.32. The van der Waals surface area contributed by atoms with Crippen LogP contribution in [-0.4, -0.2) is 0 Å². The van der Waals surface area contributed by atoms with E-state index in [-0.39, 0.29) is 56.9 Å². The van der Waals surface area contributed by atoms with Crippen molar-refractivity contribution in [3.05, 3.63) is 125 Å². The van der Waals surface area contributed by atoms with Gasteiger partial charge in [0.05, 0.1) is 0 Å². The molecule has 0 spiro atoms. The van der Waals surface area contributed by atoms with Crippen LogP contribution in [0, 0.1) is 6.08 Å². The summed E-state index contributed by atoms with van der Waals surface area (Å²) in [4.78, 5) is 2.73. The van der Waals surface area contributed by atoms with Crippen molar-refractivity contribution in [3.63, 3.8) is 0 Å². The molecular weight excluding hydrogens is 666 g/mol. The van der Waals surface area contributed by atoms with Crippen molar-refractivity contribution in [2.24, 2.45) is 0 Å². The van der Waals surface area contributed by atoms with Gasteiger partial charge in [-0.15, -0.1) is 5.57 Å². The Balaban J connectivity index is 0.000000963. The molecule has 0 fully saturated rings. The van der Waals surface area contributed by atoms with Crippen molar-refractivity contribution in [2.75, 3.05) is 0 Å². The van der Waals surface area contributed by atoms with Gasteiger partial charge in [-0.25, -0.2) is 6.08 Å². The van der Waals surface area contributed by atoms with E-state index >= 15 is 0 Å². The quantitative estimate of drug-likeness (QED) is 0.383. The predicted molar refractivity (Wildman–Crippen MR) is 130 cm³/mol. The molecule has 0 nitrogen and oxygen atoms in total. The Hall–Kier alpha value is -0.347. The standard InChI is InChI=1S/C26H15Br2S.2ClH.Zr/c27-17-8-6-16(7-9-17)24-23-14-21(26(24)29-23)19-12-13-22(28)25-18(10-11-20(19)25)15-4-2-1-3-5-15;;;/h1-13,18,21H;2*1H;/q-1;;;+3/p-2. The number of hydrogen-bond donors (Lipinski definition) is 0. The van der Waals surface area contributed by atoms with Gasteiger partial charge in [0.1, 0.15) is 0 Å². The fourth-order valence-corrected chi connectivity index (χ4v) is 6.55. The molecule has 3 aromatic rings. The van der Waals surface area contributed by atoms with E-state index in [0.29, 0.717) is 5.92 Å². The summed E-state index contributed by atoms with van der Waals surface area (Å²) in [6, 6.07) is 23.9. The van der Waals surface area contributed by atoms with Gasteiger partial charge in [-0.1, -0.05) is 109 Å². The van der Waals surface area contributed by atoms with Crippen molar-refractivity contribution < 1.29 is 51.0 Å². The van der Waals surface area contributed by atoms with Crippen molar-refractivity contribution in [1.29, 1.82) is 0 Å². The van der Waals surface area contributed by atoms with Crippen LogP contribution in [0.4, 0.5) is 0 Å². The molecule has 157 valence electrons. The zero-order valence-electron chi connectivity index (χ0n) is 16.6. The van der Waals surface area contributed by atoms with Crippen LogP contribution in [0.5, 0.6) is 0 Å². The molecule has 0 amide bonds. The maximum absolute atomic E-state index is 3.82. The summed E-state index contributed by atoms with van der Waals surface area (Å²) in [5, 5.41) is 0. The summed E-state index contributed by atoms with van der Waals surface area (Å²) in [6.45, 7) is 0. The van der Waals surface area contributed by atoms with Crippen LogP contribution in [0.15, 0.2) is 91.6 Å². The van der Waals surface area contributed by atoms with E-state index in [9.17, 15) is 0 Å². The van der Waals surface area contributed by atoms with Gasteiger partial charge in [0, 0.05) is 14.9 Å². The zero-order chi connectivity index (χ0) is 19.5. The Bertz CT molecular complexity index is 1250. The van der Waals surface area contributed by atoms with Gasteiger partial charge in [-0.2, -0.15) is 16.7 Å². The van der Waals surface area contributed by atoms with Gasteiger partial charge >= 0.3 is 26.2 Å². The molecule has 0 saturated heterocycles. The molecule has 2 aliphatic heterocycles. The van der Waals surface area contributed by atoms with Crippen molar-refractivity contribution in [3.8, 4) is 0 Å². The maximum atomic E-state index is 3.82. The molecule has 0 N–H and O–H groups in total. The molecule has 0 aromatic heterocycles. The van der Waals surface area contributed by atoms with Crippen LogP contribution in [0.25, 0.3) is 11.6 Å². The molecule has 0 saturated carbocycles. The van der Waals surface area contributed by atoms with Crippen LogP contribution in [-0.2, 0) is 26.2 Å². The zero-order valence-corrected chi connectivity index (χ0v) is 24.5. The Morgan fingerprint density at radius 3 is 2.28 bits per heavy atom. The normalized spacial score (nSPS) is 19.2. The first kappa shape index (κ1) is 26.3. The third-order valence-electron chi connectivity index (χ3n) is 5.86. The summed E-state index contributed by atoms with van der Waals surface area (Å²) < 4.78 is 2.30. The Kier molecular flexibility index (Phi) is 8.62. The summed E-state index contributed by atoms with van der Waals surface area (Å²) >= 11 is 9.25. The monoisotopic (exact) mass is 677 g/mol. The minimum Gasteiger partial charge on any atom is -1.00 e. The first-order chi connectivity index (χ1) is 14.2. The molecule has 32 heavy (non-hydrogen) atoms. The fourth-order valence-electron chi connectivity index (χ4n) is 4.50. The molecule has 7 rings (SSSR count). The van der Waals surface area contributed by atoms with E-state index in [2.05, 4.69) is 117 Å². The molecule has 2 aliphatic carbocycles. The van der Waals surface area contributed by atoms with Crippen LogP contribution in [0.2, 0.25) is 0 Å². The molecule has 2 heterocycles. The topological polar surface area (TPSA) is 0 Å². The van der Waals surface area contributed by atoms with Gasteiger partial charge < -0.3 is 24.8 Å². The molecule has 2 atom stereocenters. The van der Waals surface area contributed by atoms with E-state index in [4.69, 9.17) is 0 Å². The third kappa shape index (κ3) is 4.25. The summed E-state index contributed by atoms with van der Waals surface area (Å²) in [6.07, 6.45) is 8.39. The largest absolute Gasteiger partial charge is 3.00 e. The molecule has 4 aliphatic rings. The number of fused-ring (bicyclic) bond motifs is 2. The van der Waals surface area contributed by atoms with E-state index in [1.54, 1.807) is 0 Å². The van der Waals surface area contributed by atoms with Crippen molar-refractivity contribution >= 4 is 55.3 Å². The number of allylic oxidation sites excluding steroid dienone is 4. The third-order valence-corrected chi connectivity index (χ3v) is 8.27. The van der Waals surface area contributed by atoms with Crippen LogP contribution < -0.4 is 24.8 Å². The van der Waals surface area contributed by atoms with Crippen molar-refractivity contribution in [1.82, 2.24) is 0 Å². The minimum atomic E-state index is 0. The Labute approximate surface area is 241 Å². The first-order valence-electron chi connectivity index (χ1n) is 9.58. The summed E-state index contributed by atoms with van der Waals surface area (Å²) in [7, 11) is 0. The van der Waals surface area contributed by atoms with Crippen LogP contribution in [0.3, 0.4) is 0 Å². The molecule has 6 heteroatoms. The molecule has 3 aromatic carbocycles. The SMILES string of the molecule is Brc1ccc(C2=C3SC2=[C-]C3c2ccc(Br)c3c2C=CC3c2ccccc2)cc1.[Cl-].[Cl-].[Zr+3]. The van der Waals surface area contributed by atoms with Gasteiger partial charge in [0.2, 0.25) is 0 Å². The maximum Gasteiger partial charge on any atom is 3.00 e. The Morgan fingerprint density at radius 1 is 0.844 bits per heavy atom. The fraction of sp³-hybridized carbons (Fsp3) is 0.0769. The van der Waals surface area contributed by atoms with Gasteiger partial charge in [-0.3, -0.25) is 0 Å². The number of hydrogen-bond acceptors (Lipinski definition) is 1. The van der Waals surface area contributed by atoms with Gasteiger partial charge in [0.15, 0.2) is 0 Å². The molecule has 1 radical (unpaired) electrons. The van der Waals surface area contributed by atoms with Gasteiger partial charge in [0.25, 0.3) is 0 Å². The summed E-state index contributed by atoms with van der Waals surface area (Å²) in [5.41, 5.74) is 8.09. The average Bonchev–Trinajstić information content (AvgIpc) is 3.44. The Morgan fingerprint density at radius 2 is 1.56 bits per heavy atom. The number of thioether (sulfide) groups is 1. The molecule has 2 bridgehead atoms. The summed E-state index contributed by atoms with van der Waals surface area (Å²) in [5.74, 6) is 0.548. The smallest absolute Gasteiger partial charge is 1.00 e. The van der Waals surface area contributed by atoms with E-state index in [1.165, 1.54) is 47.7 Å². The second-order valence-corrected chi connectivity index (χ2v) is 10.3. The van der Waals surface area contributed by atoms with Gasteiger partial charge in [-0.05, 0) is 40.5 Å². The van der Waals surface area contributed by atoms with Crippen LogP contribution >= 0.6 is 43.6 Å². The number of rotatable bonds is 3. The molecular formula is C26H15Br2Cl2SZr. The van der Waals surface area contributed by atoms with E-state index in [0.717, 1.165) is 4.47 Å². The second kappa shape index (κ2) is 10.5. The number of benzene rings is 3. The van der Waals surface area contributed by atoms with Crippen molar-refractivity contribution in [2.45, 2.75) is 11.8 Å². The first-order valence-corrected chi connectivity index (χ1v) is 12.0. The van der Waals surface area contributed by atoms with Crippen LogP contribution in [0.1, 0.15) is 39.7 Å². The minimum absolute atomic E-state index is 0. The molecule has 2 unspecified atom stereocenters. The second-order valence-electron chi connectivity index (χ2n) is 7.47. The number of halogens is 4. The van der Waals surface area contributed by atoms with E-state index < -0.39 is 0 Å². The average molecular weight is 681 g/mol. The van der Waals surface area contributed by atoms with E-state index in [1.807, 2.05) is 11.8 Å².